The summed E-state index contributed by atoms with van der Waals surface area (Å²) in [7, 11) is 1.96. The van der Waals surface area contributed by atoms with Crippen LogP contribution in [0.15, 0.2) is 42.7 Å². The van der Waals surface area contributed by atoms with Gasteiger partial charge in [-0.2, -0.15) is 13.2 Å². The van der Waals surface area contributed by atoms with Gasteiger partial charge in [0.25, 0.3) is 5.91 Å². The Morgan fingerprint density at radius 3 is 2.33 bits per heavy atom. The Morgan fingerprint density at radius 1 is 1.02 bits per heavy atom. The van der Waals surface area contributed by atoms with Crippen molar-refractivity contribution in [3.8, 4) is 11.1 Å². The number of hydrogen-bond donors (Lipinski definition) is 2. The zero-order valence-electron chi connectivity index (χ0n) is 24.0. The van der Waals surface area contributed by atoms with E-state index in [4.69, 9.17) is 0 Å². The zero-order chi connectivity index (χ0) is 31.1. The molecule has 2 aliphatic rings. The van der Waals surface area contributed by atoms with Gasteiger partial charge in [0.15, 0.2) is 0 Å². The molecule has 1 amide bonds. The van der Waals surface area contributed by atoms with Crippen LogP contribution in [-0.2, 0) is 6.18 Å². The molecule has 8 nitrogen and oxygen atoms in total. The number of piperidine rings is 1. The van der Waals surface area contributed by atoms with E-state index in [1.54, 1.807) is 6.92 Å². The van der Waals surface area contributed by atoms with Crippen LogP contribution >= 0.6 is 0 Å². The number of halogens is 5. The van der Waals surface area contributed by atoms with Crippen molar-refractivity contribution in [1.29, 1.82) is 0 Å². The number of nitrogens with one attached hydrogen (secondary N) is 1. The van der Waals surface area contributed by atoms with E-state index in [1.165, 1.54) is 24.5 Å². The van der Waals surface area contributed by atoms with Crippen LogP contribution in [0.5, 0.6) is 0 Å². The number of rotatable bonds is 5. The normalized spacial score (nSPS) is 19.4. The third-order valence-electron chi connectivity index (χ3n) is 8.24. The molecule has 0 unspecified atom stereocenters. The molecule has 230 valence electrons. The lowest BCUT2D eigenvalue weighted by molar-refractivity contribution is -0.138. The summed E-state index contributed by atoms with van der Waals surface area (Å²) >= 11 is 0. The fourth-order valence-electron chi connectivity index (χ4n) is 5.36. The number of aromatic nitrogens is 2. The highest BCUT2D eigenvalue weighted by Crippen LogP contribution is 2.37. The molecule has 0 saturated carbocycles. The molecule has 0 bridgehead atoms. The second kappa shape index (κ2) is 11.7. The number of benzene rings is 2. The maximum absolute atomic E-state index is 15.7. The van der Waals surface area contributed by atoms with Gasteiger partial charge >= 0.3 is 6.18 Å². The molecule has 3 heterocycles. The molecule has 1 atom stereocenters. The summed E-state index contributed by atoms with van der Waals surface area (Å²) in [6.45, 7) is 6.51. The predicted molar refractivity (Wildman–Crippen MR) is 153 cm³/mol. The Morgan fingerprint density at radius 2 is 1.70 bits per heavy atom. The maximum atomic E-state index is 15.7. The molecule has 5 rings (SSSR count). The van der Waals surface area contributed by atoms with Gasteiger partial charge in [-0.25, -0.2) is 18.7 Å². The third-order valence-corrected chi connectivity index (χ3v) is 8.24. The van der Waals surface area contributed by atoms with E-state index in [2.05, 4.69) is 20.2 Å². The Balaban J connectivity index is 1.50. The van der Waals surface area contributed by atoms with Crippen LogP contribution in [0.4, 0.5) is 39.3 Å². The number of nitrogens with zero attached hydrogens (tertiary/aromatic N) is 5. The van der Waals surface area contributed by atoms with Gasteiger partial charge in [0.05, 0.1) is 28.1 Å². The number of carbonyl (C=O) groups excluding carboxylic acids is 1. The summed E-state index contributed by atoms with van der Waals surface area (Å²) in [6.07, 6.45) is -0.989. The highest BCUT2D eigenvalue weighted by molar-refractivity contribution is 6.07. The fourth-order valence-corrected chi connectivity index (χ4v) is 5.36. The number of likely N-dealkylation sites (N-methyl/N-ethyl adjacent to an activating group) is 1. The molecule has 43 heavy (non-hydrogen) atoms. The molecule has 2 aliphatic heterocycles. The van der Waals surface area contributed by atoms with Crippen LogP contribution in [0, 0.1) is 11.6 Å². The van der Waals surface area contributed by atoms with Crippen molar-refractivity contribution in [3.05, 3.63) is 65.5 Å². The van der Waals surface area contributed by atoms with E-state index in [9.17, 15) is 27.5 Å². The Bertz CT molecular complexity index is 1490. The van der Waals surface area contributed by atoms with Crippen LogP contribution in [0.3, 0.4) is 0 Å². The van der Waals surface area contributed by atoms with Gasteiger partial charge in [-0.05, 0) is 64.1 Å². The molecular formula is C30H33F5N6O2. The van der Waals surface area contributed by atoms with Crippen molar-refractivity contribution in [3.63, 3.8) is 0 Å². The molecule has 1 aromatic heterocycles. The van der Waals surface area contributed by atoms with Crippen molar-refractivity contribution < 1.29 is 31.9 Å². The quantitative estimate of drug-likeness (QED) is 0.388. The fraction of sp³-hybridized carbons (Fsp3) is 0.433. The topological polar surface area (TPSA) is 84.8 Å². The van der Waals surface area contributed by atoms with Crippen molar-refractivity contribution in [2.45, 2.75) is 44.5 Å². The Hall–Kier alpha value is -3.84. The van der Waals surface area contributed by atoms with E-state index < -0.39 is 40.4 Å². The number of aliphatic hydroxyl groups is 1. The highest BCUT2D eigenvalue weighted by atomic mass is 19.4. The van der Waals surface area contributed by atoms with Gasteiger partial charge in [0, 0.05) is 62.3 Å². The van der Waals surface area contributed by atoms with Gasteiger partial charge < -0.3 is 25.1 Å². The third kappa shape index (κ3) is 6.72. The number of piperazine rings is 1. The van der Waals surface area contributed by atoms with E-state index in [-0.39, 0.29) is 23.4 Å². The van der Waals surface area contributed by atoms with Gasteiger partial charge in [0.1, 0.15) is 11.6 Å². The second-order valence-corrected chi connectivity index (χ2v) is 11.5. The zero-order valence-corrected chi connectivity index (χ0v) is 24.0. The smallest absolute Gasteiger partial charge is 0.390 e. The average molecular weight is 605 g/mol. The molecule has 2 fully saturated rings. The monoisotopic (exact) mass is 604 g/mol. The lowest BCUT2D eigenvalue weighted by atomic mass is 9.94. The largest absolute Gasteiger partial charge is 0.417 e. The number of hydrogen-bond acceptors (Lipinski definition) is 7. The van der Waals surface area contributed by atoms with Gasteiger partial charge in [0.2, 0.25) is 5.95 Å². The predicted octanol–water partition coefficient (Wildman–Crippen LogP) is 5.18. The van der Waals surface area contributed by atoms with E-state index in [0.717, 1.165) is 12.1 Å². The van der Waals surface area contributed by atoms with Crippen LogP contribution in [0.1, 0.15) is 42.6 Å². The number of carbonyl (C=O) groups is 1. The lowest BCUT2D eigenvalue weighted by Gasteiger charge is -2.39. The van der Waals surface area contributed by atoms with Crippen molar-refractivity contribution in [1.82, 2.24) is 14.9 Å². The summed E-state index contributed by atoms with van der Waals surface area (Å²) in [5, 5.41) is 12.8. The first-order valence-corrected chi connectivity index (χ1v) is 14.0. The van der Waals surface area contributed by atoms with E-state index >= 15 is 4.39 Å². The summed E-state index contributed by atoms with van der Waals surface area (Å²) in [6, 6.07) is 4.54. The minimum absolute atomic E-state index is 0.0458. The molecule has 13 heteroatoms. The van der Waals surface area contributed by atoms with E-state index in [0.29, 0.717) is 62.8 Å². The number of alkyl halides is 3. The first-order valence-electron chi connectivity index (χ1n) is 14.0. The molecule has 2 N–H and O–H groups in total. The maximum Gasteiger partial charge on any atom is 0.417 e. The molecule has 0 spiro atoms. The molecule has 3 aromatic rings. The first-order chi connectivity index (χ1) is 20.2. The molecule has 0 aliphatic carbocycles. The summed E-state index contributed by atoms with van der Waals surface area (Å²) in [5.41, 5.74) is -2.17. The Kier molecular flexibility index (Phi) is 8.32. The Labute approximate surface area is 246 Å². The molecular weight excluding hydrogens is 571 g/mol. The molecule has 0 radical (unpaired) electrons. The lowest BCUT2D eigenvalue weighted by Crippen LogP contribution is -2.50. The van der Waals surface area contributed by atoms with Crippen LogP contribution in [-0.4, -0.2) is 77.3 Å². The van der Waals surface area contributed by atoms with Gasteiger partial charge in [-0.3, -0.25) is 4.79 Å². The van der Waals surface area contributed by atoms with Gasteiger partial charge in [-0.1, -0.05) is 0 Å². The van der Waals surface area contributed by atoms with Crippen molar-refractivity contribution >= 4 is 23.2 Å². The standard InChI is InChI=1S/C30H33F5N6O2/c1-18-17-41(11-10-39(18)3)26-14-24(32)22(19-15-36-28(37-16-19)40-8-6-29(2,43)7-9-40)13-25(26)38-27(42)21-5-4-20(31)12-23(21)30(33,34)35/h4-5,12-16,18,43H,6-11,17H2,1-3H3,(H,38,42)/t18-/m1/s1. The van der Waals surface area contributed by atoms with E-state index in [1.807, 2.05) is 23.8 Å². The van der Waals surface area contributed by atoms with Gasteiger partial charge in [-0.15, -0.1) is 0 Å². The minimum Gasteiger partial charge on any atom is -0.390 e. The number of anilines is 3. The van der Waals surface area contributed by atoms with Crippen molar-refractivity contribution in [2.75, 3.05) is 54.9 Å². The highest BCUT2D eigenvalue weighted by Gasteiger charge is 2.36. The number of amides is 1. The molecule has 2 saturated heterocycles. The average Bonchev–Trinajstić information content (AvgIpc) is 2.95. The first kappa shape index (κ1) is 30.6. The van der Waals surface area contributed by atoms with Crippen molar-refractivity contribution in [2.24, 2.45) is 0 Å². The second-order valence-electron chi connectivity index (χ2n) is 11.5. The minimum atomic E-state index is -4.97. The summed E-state index contributed by atoms with van der Waals surface area (Å²) in [4.78, 5) is 27.9. The van der Waals surface area contributed by atoms with Crippen LogP contribution in [0.2, 0.25) is 0 Å². The van der Waals surface area contributed by atoms with Crippen LogP contribution < -0.4 is 15.1 Å². The molecule has 2 aromatic carbocycles. The summed E-state index contributed by atoms with van der Waals surface area (Å²) in [5.74, 6) is -2.44. The SMILES string of the molecule is C[C@@H]1CN(c2cc(F)c(-c3cnc(N4CCC(C)(O)CC4)nc3)cc2NC(=O)c2ccc(F)cc2C(F)(F)F)CCN1C. The summed E-state index contributed by atoms with van der Waals surface area (Å²) < 4.78 is 70.4. The van der Waals surface area contributed by atoms with Crippen LogP contribution in [0.25, 0.3) is 11.1 Å².